The largest absolute Gasteiger partial charge is 0.351 e. The number of pyridine rings is 1. The Labute approximate surface area is 141 Å². The lowest BCUT2D eigenvalue weighted by atomic mass is 9.95. The van der Waals surface area contributed by atoms with Crippen LogP contribution in [-0.2, 0) is 11.3 Å². The Kier molecular flexibility index (Phi) is 5.20. The van der Waals surface area contributed by atoms with Crippen LogP contribution in [0.3, 0.4) is 0 Å². The first-order chi connectivity index (χ1) is 11.6. The van der Waals surface area contributed by atoms with E-state index in [1.807, 2.05) is 18.2 Å². The highest BCUT2D eigenvalue weighted by Gasteiger charge is 2.33. The molecule has 1 aliphatic heterocycles. The van der Waals surface area contributed by atoms with E-state index in [1.54, 1.807) is 24.5 Å². The van der Waals surface area contributed by atoms with Gasteiger partial charge in [-0.1, -0.05) is 25.1 Å². The fourth-order valence-corrected chi connectivity index (χ4v) is 3.38. The van der Waals surface area contributed by atoms with Gasteiger partial charge in [0.1, 0.15) is 5.82 Å². The molecule has 1 amide bonds. The summed E-state index contributed by atoms with van der Waals surface area (Å²) in [6, 6.07) is 10.6. The second kappa shape index (κ2) is 7.53. The summed E-state index contributed by atoms with van der Waals surface area (Å²) in [6.45, 7) is 3.80. The zero-order valence-electron chi connectivity index (χ0n) is 13.8. The van der Waals surface area contributed by atoms with Crippen molar-refractivity contribution >= 4 is 5.91 Å². The summed E-state index contributed by atoms with van der Waals surface area (Å²) in [4.78, 5) is 18.5. The molecule has 0 radical (unpaired) electrons. The Hall–Kier alpha value is -2.27. The number of carbonyl (C=O) groups excluding carboxylic acids is 1. The van der Waals surface area contributed by atoms with Crippen molar-refractivity contribution in [1.82, 2.24) is 15.2 Å². The van der Waals surface area contributed by atoms with E-state index in [9.17, 15) is 9.18 Å². The van der Waals surface area contributed by atoms with Gasteiger partial charge in [-0.15, -0.1) is 0 Å². The van der Waals surface area contributed by atoms with Crippen molar-refractivity contribution in [1.29, 1.82) is 0 Å². The number of nitrogens with one attached hydrogen (secondary N) is 1. The van der Waals surface area contributed by atoms with Crippen molar-refractivity contribution in [2.45, 2.75) is 25.9 Å². The molecule has 0 saturated carbocycles. The van der Waals surface area contributed by atoms with E-state index < -0.39 is 0 Å². The van der Waals surface area contributed by atoms with Gasteiger partial charge in [-0.3, -0.25) is 14.7 Å². The molecule has 0 unspecified atom stereocenters. The minimum atomic E-state index is -0.229. The number of rotatable bonds is 5. The summed E-state index contributed by atoms with van der Waals surface area (Å²) in [5, 5.41) is 2.93. The van der Waals surface area contributed by atoms with Gasteiger partial charge in [-0.25, -0.2) is 4.39 Å². The Morgan fingerprint density at radius 3 is 3.00 bits per heavy atom. The van der Waals surface area contributed by atoms with Crippen LogP contribution >= 0.6 is 0 Å². The standard InChI is InChI=1S/C19H22FN3O/c1-14-7-9-23(19(14)16-5-2-6-17(20)10-16)13-18(24)22-12-15-4-3-8-21-11-15/h2-6,8,10-11,14,19H,7,9,12-13H2,1H3,(H,22,24)/t14-,19+/m1/s1. The first-order valence-electron chi connectivity index (χ1n) is 8.28. The van der Waals surface area contributed by atoms with E-state index in [-0.39, 0.29) is 17.8 Å². The first kappa shape index (κ1) is 16.6. The minimum absolute atomic E-state index is 0.0191. The van der Waals surface area contributed by atoms with Gasteiger partial charge in [0.25, 0.3) is 0 Å². The highest BCUT2D eigenvalue weighted by molar-refractivity contribution is 5.78. The predicted molar refractivity (Wildman–Crippen MR) is 90.6 cm³/mol. The maximum atomic E-state index is 13.5. The van der Waals surface area contributed by atoms with Crippen molar-refractivity contribution < 1.29 is 9.18 Å². The average Bonchev–Trinajstić information content (AvgIpc) is 2.94. The molecule has 1 aliphatic rings. The quantitative estimate of drug-likeness (QED) is 0.918. The van der Waals surface area contributed by atoms with Gasteiger partial charge in [-0.2, -0.15) is 0 Å². The second-order valence-electron chi connectivity index (χ2n) is 6.37. The maximum absolute atomic E-state index is 13.5. The molecular formula is C19H22FN3O. The Morgan fingerprint density at radius 2 is 2.25 bits per heavy atom. The number of hydrogen-bond donors (Lipinski definition) is 1. The average molecular weight is 327 g/mol. The number of benzene rings is 1. The van der Waals surface area contributed by atoms with Crippen molar-refractivity contribution in [2.24, 2.45) is 5.92 Å². The number of aromatic nitrogens is 1. The SMILES string of the molecule is C[C@@H]1CCN(CC(=O)NCc2cccnc2)[C@@H]1c1cccc(F)c1. The van der Waals surface area contributed by atoms with E-state index in [0.29, 0.717) is 19.0 Å². The maximum Gasteiger partial charge on any atom is 0.234 e. The lowest BCUT2D eigenvalue weighted by Gasteiger charge is -2.27. The van der Waals surface area contributed by atoms with Gasteiger partial charge in [0.2, 0.25) is 5.91 Å². The summed E-state index contributed by atoms with van der Waals surface area (Å²) in [5.74, 6) is 0.153. The van der Waals surface area contributed by atoms with E-state index >= 15 is 0 Å². The normalized spacial score (nSPS) is 20.9. The molecule has 5 heteroatoms. The van der Waals surface area contributed by atoms with Gasteiger partial charge in [0.15, 0.2) is 0 Å². The van der Waals surface area contributed by atoms with Crippen molar-refractivity contribution in [2.75, 3.05) is 13.1 Å². The number of halogens is 1. The monoisotopic (exact) mass is 327 g/mol. The van der Waals surface area contributed by atoms with E-state index in [1.165, 1.54) is 6.07 Å². The van der Waals surface area contributed by atoms with E-state index in [2.05, 4.69) is 22.1 Å². The molecule has 126 valence electrons. The number of likely N-dealkylation sites (tertiary alicyclic amines) is 1. The number of hydrogen-bond acceptors (Lipinski definition) is 3. The lowest BCUT2D eigenvalue weighted by Crippen LogP contribution is -2.37. The highest BCUT2D eigenvalue weighted by Crippen LogP contribution is 2.36. The van der Waals surface area contributed by atoms with Crippen molar-refractivity contribution in [3.05, 3.63) is 65.7 Å². The minimum Gasteiger partial charge on any atom is -0.351 e. The molecule has 4 nitrogen and oxygen atoms in total. The number of carbonyl (C=O) groups is 1. The van der Waals surface area contributed by atoms with Crippen LogP contribution in [0.15, 0.2) is 48.8 Å². The van der Waals surface area contributed by atoms with Crippen LogP contribution in [0.4, 0.5) is 4.39 Å². The molecular weight excluding hydrogens is 305 g/mol. The van der Waals surface area contributed by atoms with Gasteiger partial charge in [0, 0.05) is 25.0 Å². The zero-order chi connectivity index (χ0) is 16.9. The van der Waals surface area contributed by atoms with Gasteiger partial charge >= 0.3 is 0 Å². The van der Waals surface area contributed by atoms with Gasteiger partial charge < -0.3 is 5.32 Å². The van der Waals surface area contributed by atoms with Gasteiger partial charge in [0.05, 0.1) is 6.54 Å². The molecule has 0 spiro atoms. The van der Waals surface area contributed by atoms with Crippen LogP contribution in [-0.4, -0.2) is 28.9 Å². The number of amides is 1. The number of nitrogens with zero attached hydrogens (tertiary/aromatic N) is 2. The van der Waals surface area contributed by atoms with Crippen LogP contribution in [0.2, 0.25) is 0 Å². The molecule has 0 aliphatic carbocycles. The van der Waals surface area contributed by atoms with Crippen LogP contribution in [0.25, 0.3) is 0 Å². The molecule has 24 heavy (non-hydrogen) atoms. The molecule has 2 aromatic rings. The molecule has 3 rings (SSSR count). The fraction of sp³-hybridized carbons (Fsp3) is 0.368. The zero-order valence-corrected chi connectivity index (χ0v) is 13.8. The molecule has 1 fully saturated rings. The fourth-order valence-electron chi connectivity index (χ4n) is 3.38. The summed E-state index contributed by atoms with van der Waals surface area (Å²) in [5.41, 5.74) is 1.92. The smallest absolute Gasteiger partial charge is 0.234 e. The molecule has 1 saturated heterocycles. The molecule has 2 atom stereocenters. The molecule has 0 bridgehead atoms. The third-order valence-electron chi connectivity index (χ3n) is 4.55. The third-order valence-corrected chi connectivity index (χ3v) is 4.55. The van der Waals surface area contributed by atoms with Crippen LogP contribution in [0.1, 0.15) is 30.5 Å². The lowest BCUT2D eigenvalue weighted by molar-refractivity contribution is -0.122. The summed E-state index contributed by atoms with van der Waals surface area (Å²) >= 11 is 0. The molecule has 1 aromatic heterocycles. The summed E-state index contributed by atoms with van der Waals surface area (Å²) in [7, 11) is 0. The predicted octanol–water partition coefficient (Wildman–Crippen LogP) is 2.92. The van der Waals surface area contributed by atoms with E-state index in [0.717, 1.165) is 24.1 Å². The van der Waals surface area contributed by atoms with Gasteiger partial charge in [-0.05, 0) is 48.2 Å². The van der Waals surface area contributed by atoms with Crippen LogP contribution in [0, 0.1) is 11.7 Å². The summed E-state index contributed by atoms with van der Waals surface area (Å²) in [6.07, 6.45) is 4.46. The Balaban J connectivity index is 1.62. The van der Waals surface area contributed by atoms with Crippen LogP contribution < -0.4 is 5.32 Å². The molecule has 2 heterocycles. The molecule has 1 aromatic carbocycles. The third kappa shape index (κ3) is 3.97. The Bertz CT molecular complexity index is 692. The van der Waals surface area contributed by atoms with Crippen LogP contribution in [0.5, 0.6) is 0 Å². The second-order valence-corrected chi connectivity index (χ2v) is 6.37. The first-order valence-corrected chi connectivity index (χ1v) is 8.28. The summed E-state index contributed by atoms with van der Waals surface area (Å²) < 4.78 is 13.5. The van der Waals surface area contributed by atoms with Crippen molar-refractivity contribution in [3.63, 3.8) is 0 Å². The van der Waals surface area contributed by atoms with E-state index in [4.69, 9.17) is 0 Å². The molecule has 1 N–H and O–H groups in total. The topological polar surface area (TPSA) is 45.2 Å². The Morgan fingerprint density at radius 1 is 1.38 bits per heavy atom. The highest BCUT2D eigenvalue weighted by atomic mass is 19.1. The van der Waals surface area contributed by atoms with Crippen molar-refractivity contribution in [3.8, 4) is 0 Å².